The Kier molecular flexibility index (Phi) is 5.63. The largest absolute Gasteiger partial charge is 0.481 e. The first-order valence-corrected chi connectivity index (χ1v) is 8.61. The summed E-state index contributed by atoms with van der Waals surface area (Å²) in [7, 11) is 0. The standard InChI is InChI=1S/C19H19N5O5/c20-18(21)12-1-3-14(4-2-12)24-7-6-23(19(24)28)10-16(25)22-15(9-17(26)27)13-5-8-29-11-13/h1-8,11,15H,9-10H2,(H3,20,21)(H,22,25)(H,26,27). The summed E-state index contributed by atoms with van der Waals surface area (Å²) in [6, 6.07) is 7.33. The lowest BCUT2D eigenvalue weighted by molar-refractivity contribution is -0.137. The minimum atomic E-state index is -1.08. The predicted octanol–water partition coefficient (Wildman–Crippen LogP) is 0.848. The van der Waals surface area contributed by atoms with Gasteiger partial charge in [-0.2, -0.15) is 0 Å². The third-order valence-corrected chi connectivity index (χ3v) is 4.28. The second-order valence-corrected chi connectivity index (χ2v) is 6.31. The van der Waals surface area contributed by atoms with E-state index in [-0.39, 0.29) is 18.8 Å². The van der Waals surface area contributed by atoms with Gasteiger partial charge in [0.05, 0.1) is 30.7 Å². The number of hydrogen-bond donors (Lipinski definition) is 4. The molecule has 1 aromatic carbocycles. The van der Waals surface area contributed by atoms with Crippen LogP contribution in [0.4, 0.5) is 0 Å². The third kappa shape index (κ3) is 4.61. The number of hydrogen-bond acceptors (Lipinski definition) is 5. The molecule has 10 nitrogen and oxygen atoms in total. The molecule has 1 amide bonds. The van der Waals surface area contributed by atoms with E-state index in [1.807, 2.05) is 0 Å². The van der Waals surface area contributed by atoms with Crippen molar-refractivity contribution in [2.45, 2.75) is 19.0 Å². The highest BCUT2D eigenvalue weighted by atomic mass is 16.4. The Balaban J connectivity index is 1.73. The SMILES string of the molecule is N=C(N)c1ccc(-n2ccn(CC(=O)NC(CC(=O)O)c3ccoc3)c2=O)cc1. The number of carboxylic acids is 1. The molecule has 0 spiro atoms. The summed E-state index contributed by atoms with van der Waals surface area (Å²) in [4.78, 5) is 36.0. The molecule has 10 heteroatoms. The lowest BCUT2D eigenvalue weighted by Gasteiger charge is -2.15. The van der Waals surface area contributed by atoms with Crippen LogP contribution >= 0.6 is 0 Å². The second kappa shape index (κ2) is 8.30. The Hall–Kier alpha value is -4.08. The molecule has 1 atom stereocenters. The van der Waals surface area contributed by atoms with Crippen LogP contribution in [-0.2, 0) is 16.1 Å². The fraction of sp³-hybridized carbons (Fsp3) is 0.158. The zero-order valence-corrected chi connectivity index (χ0v) is 15.2. The first kappa shape index (κ1) is 19.7. The number of nitrogen functional groups attached to an aromatic ring is 1. The normalized spacial score (nSPS) is 11.7. The van der Waals surface area contributed by atoms with Crippen molar-refractivity contribution in [2.24, 2.45) is 5.73 Å². The molecule has 0 fully saturated rings. The van der Waals surface area contributed by atoms with Gasteiger partial charge in [0, 0.05) is 23.5 Å². The van der Waals surface area contributed by atoms with E-state index < -0.39 is 23.6 Å². The molecule has 3 rings (SSSR count). The summed E-state index contributed by atoms with van der Waals surface area (Å²) in [5.74, 6) is -1.66. The molecule has 0 saturated carbocycles. The maximum absolute atomic E-state index is 12.6. The molecule has 0 bridgehead atoms. The third-order valence-electron chi connectivity index (χ3n) is 4.28. The quantitative estimate of drug-likeness (QED) is 0.326. The molecular weight excluding hydrogens is 378 g/mol. The van der Waals surface area contributed by atoms with Gasteiger partial charge in [-0.1, -0.05) is 0 Å². The number of rotatable bonds is 8. The second-order valence-electron chi connectivity index (χ2n) is 6.31. The van der Waals surface area contributed by atoms with Crippen LogP contribution in [0.5, 0.6) is 0 Å². The van der Waals surface area contributed by atoms with Gasteiger partial charge in [-0.25, -0.2) is 4.79 Å². The molecule has 0 saturated heterocycles. The lowest BCUT2D eigenvalue weighted by Crippen LogP contribution is -2.35. The van der Waals surface area contributed by atoms with Crippen molar-refractivity contribution in [1.29, 1.82) is 5.41 Å². The minimum absolute atomic E-state index is 0.0772. The number of benzene rings is 1. The van der Waals surface area contributed by atoms with Crippen molar-refractivity contribution in [2.75, 3.05) is 0 Å². The van der Waals surface area contributed by atoms with Gasteiger partial charge in [0.25, 0.3) is 0 Å². The number of nitrogens with one attached hydrogen (secondary N) is 2. The molecule has 150 valence electrons. The molecule has 5 N–H and O–H groups in total. The minimum Gasteiger partial charge on any atom is -0.481 e. The number of aliphatic carboxylic acids is 1. The molecule has 3 aromatic rings. The van der Waals surface area contributed by atoms with Crippen molar-refractivity contribution in [3.05, 3.63) is 76.9 Å². The van der Waals surface area contributed by atoms with Crippen LogP contribution in [0.2, 0.25) is 0 Å². The average molecular weight is 397 g/mol. The van der Waals surface area contributed by atoms with Crippen LogP contribution in [0, 0.1) is 5.41 Å². The first-order chi connectivity index (χ1) is 13.8. The highest BCUT2D eigenvalue weighted by Crippen LogP contribution is 2.17. The van der Waals surface area contributed by atoms with Crippen molar-refractivity contribution in [3.63, 3.8) is 0 Å². The number of amides is 1. The molecule has 0 aliphatic carbocycles. The highest BCUT2D eigenvalue weighted by molar-refractivity contribution is 5.95. The summed E-state index contributed by atoms with van der Waals surface area (Å²) >= 11 is 0. The number of carboxylic acid groups (broad SMARTS) is 1. The van der Waals surface area contributed by atoms with Gasteiger partial charge in [0.15, 0.2) is 0 Å². The topological polar surface area (TPSA) is 156 Å². The zero-order chi connectivity index (χ0) is 21.0. The van der Waals surface area contributed by atoms with Crippen molar-refractivity contribution < 1.29 is 19.1 Å². The van der Waals surface area contributed by atoms with Crippen LogP contribution in [0.1, 0.15) is 23.6 Å². The fourth-order valence-corrected chi connectivity index (χ4v) is 2.83. The Morgan fingerprint density at radius 2 is 1.93 bits per heavy atom. The highest BCUT2D eigenvalue weighted by Gasteiger charge is 2.20. The van der Waals surface area contributed by atoms with Crippen LogP contribution in [0.3, 0.4) is 0 Å². The van der Waals surface area contributed by atoms with Crippen LogP contribution < -0.4 is 16.7 Å². The molecule has 0 aliphatic heterocycles. The van der Waals surface area contributed by atoms with E-state index in [4.69, 9.17) is 20.7 Å². The molecule has 29 heavy (non-hydrogen) atoms. The van der Waals surface area contributed by atoms with Gasteiger partial charge in [0.2, 0.25) is 5.91 Å². The molecule has 0 aliphatic rings. The average Bonchev–Trinajstić information content (AvgIpc) is 3.32. The predicted molar refractivity (Wildman–Crippen MR) is 103 cm³/mol. The van der Waals surface area contributed by atoms with Crippen molar-refractivity contribution in [3.8, 4) is 5.69 Å². The van der Waals surface area contributed by atoms with Crippen LogP contribution in [0.15, 0.2) is 64.5 Å². The number of furan rings is 1. The molecule has 1 unspecified atom stereocenters. The summed E-state index contributed by atoms with van der Waals surface area (Å²) in [6.45, 7) is -0.272. The molecular formula is C19H19N5O5. The van der Waals surface area contributed by atoms with Gasteiger partial charge < -0.3 is 20.6 Å². The maximum atomic E-state index is 12.6. The van der Waals surface area contributed by atoms with E-state index in [1.165, 1.54) is 34.1 Å². The van der Waals surface area contributed by atoms with Gasteiger partial charge >= 0.3 is 11.7 Å². The Bertz CT molecular complexity index is 1080. The summed E-state index contributed by atoms with van der Waals surface area (Å²) < 4.78 is 7.51. The smallest absolute Gasteiger partial charge is 0.333 e. The number of amidine groups is 1. The molecule has 2 heterocycles. The summed E-state index contributed by atoms with van der Waals surface area (Å²) in [5, 5.41) is 19.1. The van der Waals surface area contributed by atoms with E-state index >= 15 is 0 Å². The fourth-order valence-electron chi connectivity index (χ4n) is 2.83. The van der Waals surface area contributed by atoms with E-state index in [2.05, 4.69) is 5.32 Å². The Morgan fingerprint density at radius 3 is 2.52 bits per heavy atom. The van der Waals surface area contributed by atoms with Crippen molar-refractivity contribution >= 4 is 17.7 Å². The van der Waals surface area contributed by atoms with Gasteiger partial charge in [0.1, 0.15) is 12.4 Å². The number of carbonyl (C=O) groups is 2. The van der Waals surface area contributed by atoms with Crippen LogP contribution in [-0.4, -0.2) is 32.0 Å². The van der Waals surface area contributed by atoms with E-state index in [9.17, 15) is 14.4 Å². The van der Waals surface area contributed by atoms with Gasteiger partial charge in [-0.3, -0.25) is 24.1 Å². The number of nitrogens with two attached hydrogens (primary N) is 1. The van der Waals surface area contributed by atoms with Crippen molar-refractivity contribution in [1.82, 2.24) is 14.5 Å². The first-order valence-electron chi connectivity index (χ1n) is 8.61. The Morgan fingerprint density at radius 1 is 1.21 bits per heavy atom. The molecule has 2 aromatic heterocycles. The summed E-state index contributed by atoms with van der Waals surface area (Å²) in [5.41, 5.74) is 6.60. The number of carbonyl (C=O) groups excluding carboxylic acids is 1. The zero-order valence-electron chi connectivity index (χ0n) is 15.2. The van der Waals surface area contributed by atoms with E-state index in [0.717, 1.165) is 0 Å². The van der Waals surface area contributed by atoms with E-state index in [0.29, 0.717) is 16.8 Å². The molecule has 0 radical (unpaired) electrons. The van der Waals surface area contributed by atoms with Gasteiger partial charge in [-0.15, -0.1) is 0 Å². The Labute approximate surface area is 164 Å². The number of nitrogens with zero attached hydrogens (tertiary/aromatic N) is 2. The van der Waals surface area contributed by atoms with E-state index in [1.54, 1.807) is 30.3 Å². The monoisotopic (exact) mass is 397 g/mol. The summed E-state index contributed by atoms with van der Waals surface area (Å²) in [6.07, 6.45) is 5.41. The number of aromatic nitrogens is 2. The van der Waals surface area contributed by atoms with Gasteiger partial charge in [-0.05, 0) is 30.3 Å². The number of imidazole rings is 1. The lowest BCUT2D eigenvalue weighted by atomic mass is 10.1. The van der Waals surface area contributed by atoms with Crippen LogP contribution in [0.25, 0.3) is 5.69 Å². The maximum Gasteiger partial charge on any atom is 0.333 e.